The maximum absolute atomic E-state index is 13.2. The van der Waals surface area contributed by atoms with Crippen LogP contribution in [-0.4, -0.2) is 73.4 Å². The van der Waals surface area contributed by atoms with Gasteiger partial charge in [-0.05, 0) is 17.7 Å². The SMILES string of the molecule is O=C(NCc1ccccc1)N(CCN1CCOCC1)Cc1cc2cc3c(cc2[nH]c1=O)OCCO3. The van der Waals surface area contributed by atoms with Crippen molar-refractivity contribution in [1.29, 1.82) is 0 Å². The normalized spacial score (nSPS) is 15.7. The molecule has 184 valence electrons. The van der Waals surface area contributed by atoms with Crippen LogP contribution in [0.3, 0.4) is 0 Å². The third kappa shape index (κ3) is 5.75. The minimum Gasteiger partial charge on any atom is -0.486 e. The summed E-state index contributed by atoms with van der Waals surface area (Å²) >= 11 is 0. The Morgan fingerprint density at radius 1 is 1.00 bits per heavy atom. The second-order valence-electron chi connectivity index (χ2n) is 8.73. The van der Waals surface area contributed by atoms with Crippen LogP contribution in [0.2, 0.25) is 0 Å². The number of morpholine rings is 1. The highest BCUT2D eigenvalue weighted by atomic mass is 16.6. The smallest absolute Gasteiger partial charge is 0.318 e. The number of H-pyrrole nitrogens is 1. The Morgan fingerprint density at radius 2 is 1.74 bits per heavy atom. The summed E-state index contributed by atoms with van der Waals surface area (Å²) in [5, 5.41) is 3.83. The predicted molar refractivity (Wildman–Crippen MR) is 132 cm³/mol. The molecule has 0 bridgehead atoms. The van der Waals surface area contributed by atoms with Gasteiger partial charge >= 0.3 is 6.03 Å². The number of aromatic amines is 1. The number of urea groups is 1. The summed E-state index contributed by atoms with van der Waals surface area (Å²) < 4.78 is 16.8. The largest absolute Gasteiger partial charge is 0.486 e. The summed E-state index contributed by atoms with van der Waals surface area (Å²) in [4.78, 5) is 33.0. The van der Waals surface area contributed by atoms with Gasteiger partial charge < -0.3 is 29.4 Å². The lowest BCUT2D eigenvalue weighted by molar-refractivity contribution is 0.0346. The number of pyridine rings is 1. The number of hydrogen-bond acceptors (Lipinski definition) is 6. The number of carbonyl (C=O) groups is 1. The summed E-state index contributed by atoms with van der Waals surface area (Å²) in [6, 6.07) is 15.1. The minimum absolute atomic E-state index is 0.199. The van der Waals surface area contributed by atoms with Crippen molar-refractivity contribution in [2.75, 3.05) is 52.6 Å². The maximum Gasteiger partial charge on any atom is 0.318 e. The highest BCUT2D eigenvalue weighted by Crippen LogP contribution is 2.33. The van der Waals surface area contributed by atoms with Crippen molar-refractivity contribution in [3.63, 3.8) is 0 Å². The Morgan fingerprint density at radius 3 is 2.51 bits per heavy atom. The van der Waals surface area contributed by atoms with E-state index in [-0.39, 0.29) is 18.1 Å². The van der Waals surface area contributed by atoms with Gasteiger partial charge in [0.1, 0.15) is 13.2 Å². The summed E-state index contributed by atoms with van der Waals surface area (Å²) in [6.45, 7) is 5.87. The molecule has 0 unspecified atom stereocenters. The highest BCUT2D eigenvalue weighted by Gasteiger charge is 2.20. The Hall–Kier alpha value is -3.56. The van der Waals surface area contributed by atoms with Crippen molar-refractivity contribution >= 4 is 16.9 Å². The zero-order chi connectivity index (χ0) is 24.0. The van der Waals surface area contributed by atoms with Gasteiger partial charge in [0.2, 0.25) is 0 Å². The lowest BCUT2D eigenvalue weighted by Gasteiger charge is -2.30. The lowest BCUT2D eigenvalue weighted by Crippen LogP contribution is -2.46. The van der Waals surface area contributed by atoms with Gasteiger partial charge in [-0.2, -0.15) is 0 Å². The first-order chi connectivity index (χ1) is 17.2. The number of benzene rings is 2. The molecule has 3 heterocycles. The second kappa shape index (κ2) is 10.8. The second-order valence-corrected chi connectivity index (χ2v) is 8.73. The van der Waals surface area contributed by atoms with Gasteiger partial charge in [-0.1, -0.05) is 30.3 Å². The van der Waals surface area contributed by atoms with E-state index in [2.05, 4.69) is 15.2 Å². The molecular weight excluding hydrogens is 448 g/mol. The summed E-state index contributed by atoms with van der Waals surface area (Å²) in [5.41, 5.74) is 1.99. The van der Waals surface area contributed by atoms with Crippen molar-refractivity contribution in [2.45, 2.75) is 13.1 Å². The number of hydrogen-bond donors (Lipinski definition) is 2. The first kappa shape index (κ1) is 23.2. The number of ether oxygens (including phenoxy) is 3. The van der Waals surface area contributed by atoms with E-state index in [1.807, 2.05) is 42.5 Å². The molecule has 2 N–H and O–H groups in total. The van der Waals surface area contributed by atoms with Gasteiger partial charge in [-0.15, -0.1) is 0 Å². The zero-order valence-electron chi connectivity index (χ0n) is 19.6. The fourth-order valence-electron chi connectivity index (χ4n) is 4.34. The monoisotopic (exact) mass is 478 g/mol. The molecule has 35 heavy (non-hydrogen) atoms. The first-order valence-electron chi connectivity index (χ1n) is 12.0. The number of rotatable bonds is 7. The molecule has 1 aromatic heterocycles. The molecule has 2 aliphatic rings. The molecular formula is C26H30N4O5. The Bertz CT molecular complexity index is 1220. The molecule has 0 saturated carbocycles. The first-order valence-corrected chi connectivity index (χ1v) is 12.0. The minimum atomic E-state index is -0.221. The van der Waals surface area contributed by atoms with Gasteiger partial charge in [-0.3, -0.25) is 9.69 Å². The number of aromatic nitrogens is 1. The van der Waals surface area contributed by atoms with Crippen LogP contribution in [0.1, 0.15) is 11.1 Å². The van der Waals surface area contributed by atoms with Gasteiger partial charge in [-0.25, -0.2) is 4.79 Å². The molecule has 5 rings (SSSR count). The van der Waals surface area contributed by atoms with Crippen LogP contribution in [0.5, 0.6) is 11.5 Å². The lowest BCUT2D eigenvalue weighted by atomic mass is 10.1. The molecule has 2 aromatic carbocycles. The van der Waals surface area contributed by atoms with E-state index in [4.69, 9.17) is 14.2 Å². The molecule has 0 atom stereocenters. The van der Waals surface area contributed by atoms with E-state index in [1.54, 1.807) is 11.0 Å². The fourth-order valence-corrected chi connectivity index (χ4v) is 4.34. The van der Waals surface area contributed by atoms with Gasteiger partial charge in [0, 0.05) is 49.7 Å². The van der Waals surface area contributed by atoms with Crippen molar-refractivity contribution in [2.24, 2.45) is 0 Å². The molecule has 3 aromatic rings. The van der Waals surface area contributed by atoms with Crippen molar-refractivity contribution in [3.8, 4) is 11.5 Å². The van der Waals surface area contributed by atoms with Gasteiger partial charge in [0.25, 0.3) is 5.56 Å². The molecule has 1 fully saturated rings. The van der Waals surface area contributed by atoms with E-state index in [0.717, 1.165) is 24.0 Å². The Labute approximate surface area is 203 Å². The van der Waals surface area contributed by atoms with E-state index in [1.165, 1.54) is 0 Å². The number of amides is 2. The van der Waals surface area contributed by atoms with Crippen LogP contribution < -0.4 is 20.3 Å². The summed E-state index contributed by atoms with van der Waals surface area (Å²) in [5.74, 6) is 1.28. The van der Waals surface area contributed by atoms with Crippen LogP contribution in [0, 0.1) is 0 Å². The summed E-state index contributed by atoms with van der Waals surface area (Å²) in [6.07, 6.45) is 0. The fraction of sp³-hybridized carbons (Fsp3) is 0.385. The van der Waals surface area contributed by atoms with Crippen LogP contribution in [0.15, 0.2) is 53.3 Å². The molecule has 9 heteroatoms. The quantitative estimate of drug-likeness (QED) is 0.541. The number of nitrogens with zero attached hydrogens (tertiary/aromatic N) is 2. The molecule has 1 saturated heterocycles. The van der Waals surface area contributed by atoms with E-state index < -0.39 is 0 Å². The molecule has 0 radical (unpaired) electrons. The Kier molecular flexibility index (Phi) is 7.15. The van der Waals surface area contributed by atoms with E-state index in [0.29, 0.717) is 68.6 Å². The van der Waals surface area contributed by atoms with Crippen LogP contribution in [-0.2, 0) is 17.8 Å². The predicted octanol–water partition coefficient (Wildman–Crippen LogP) is 2.34. The molecule has 9 nitrogen and oxygen atoms in total. The van der Waals surface area contributed by atoms with E-state index in [9.17, 15) is 9.59 Å². The molecule has 2 amide bonds. The van der Waals surface area contributed by atoms with Crippen LogP contribution in [0.25, 0.3) is 10.9 Å². The third-order valence-corrected chi connectivity index (χ3v) is 6.31. The van der Waals surface area contributed by atoms with Crippen molar-refractivity contribution < 1.29 is 19.0 Å². The number of fused-ring (bicyclic) bond motifs is 2. The maximum atomic E-state index is 13.2. The standard InChI is InChI=1S/C26H30N4O5/c31-25-21(14-20-15-23-24(16-22(20)28-25)35-13-12-34-23)18-30(7-6-29-8-10-33-11-9-29)26(32)27-17-19-4-2-1-3-5-19/h1-5,14-16H,6-13,17-18H2,(H,27,32)(H,28,31). The van der Waals surface area contributed by atoms with Gasteiger partial charge in [0.05, 0.1) is 25.3 Å². The average Bonchev–Trinajstić information content (AvgIpc) is 2.90. The number of nitrogens with one attached hydrogen (secondary N) is 2. The van der Waals surface area contributed by atoms with Crippen LogP contribution >= 0.6 is 0 Å². The Balaban J connectivity index is 1.35. The third-order valence-electron chi connectivity index (χ3n) is 6.31. The van der Waals surface area contributed by atoms with E-state index >= 15 is 0 Å². The zero-order valence-corrected chi connectivity index (χ0v) is 19.6. The summed E-state index contributed by atoms with van der Waals surface area (Å²) in [7, 11) is 0. The van der Waals surface area contributed by atoms with Gasteiger partial charge in [0.15, 0.2) is 11.5 Å². The van der Waals surface area contributed by atoms with Crippen molar-refractivity contribution in [1.82, 2.24) is 20.1 Å². The molecule has 0 spiro atoms. The average molecular weight is 479 g/mol. The van der Waals surface area contributed by atoms with Crippen LogP contribution in [0.4, 0.5) is 4.79 Å². The van der Waals surface area contributed by atoms with Crippen molar-refractivity contribution in [3.05, 3.63) is 70.0 Å². The topological polar surface area (TPSA) is 96.1 Å². The molecule has 0 aliphatic carbocycles. The molecule has 2 aliphatic heterocycles. The highest BCUT2D eigenvalue weighted by molar-refractivity contribution is 5.83. The number of carbonyl (C=O) groups excluding carboxylic acids is 1.